The third kappa shape index (κ3) is 3.92. The molecule has 2 unspecified atom stereocenters. The average molecular weight is 345 g/mol. The quantitative estimate of drug-likeness (QED) is 0.417. The molecule has 1 fully saturated rings. The first-order valence-corrected chi connectivity index (χ1v) is 7.56. The van der Waals surface area contributed by atoms with Crippen molar-refractivity contribution in [2.24, 2.45) is 0 Å². The van der Waals surface area contributed by atoms with Crippen LogP contribution in [0.25, 0.3) is 0 Å². The van der Waals surface area contributed by atoms with Gasteiger partial charge in [0.05, 0.1) is 6.61 Å². The Kier molecular flexibility index (Phi) is 5.79. The highest BCUT2D eigenvalue weighted by Gasteiger charge is 2.51. The first-order chi connectivity index (χ1) is 11.0. The minimum atomic E-state index is -3.00. The number of aliphatic hydroxyl groups excluding tert-OH is 1. The molecule has 1 saturated heterocycles. The third-order valence-corrected chi connectivity index (χ3v) is 3.59. The van der Waals surface area contributed by atoms with E-state index < -0.39 is 50.7 Å². The van der Waals surface area contributed by atoms with Crippen LogP contribution in [0.1, 0.15) is 6.23 Å². The molecule has 3 N–H and O–H groups in total. The average Bonchev–Trinajstić information content (AvgIpc) is 2.82. The number of hydrogen-bond acceptors (Lipinski definition) is 7. The standard InChI is InChI=1S/C12H13N2O8P/c1-2-5-20-10-9(22-23(18)19)7(6-15)21-11(10)14-4-3-8(16)13-12(14)17/h1,3-4,7,9-11,15H,5-6H2,(H-,13,16,17,18,19)/p+1/t7-,9?,10+,11-/m1/s1. The molecule has 5 atom stereocenters. The number of aliphatic hydroxyl groups is 1. The number of hydrogen-bond donors (Lipinski definition) is 3. The van der Waals surface area contributed by atoms with Crippen LogP contribution in [0.3, 0.4) is 0 Å². The van der Waals surface area contributed by atoms with Crippen molar-refractivity contribution in [3.63, 3.8) is 0 Å². The van der Waals surface area contributed by atoms with Crippen LogP contribution < -0.4 is 11.2 Å². The fourth-order valence-corrected chi connectivity index (χ4v) is 2.72. The van der Waals surface area contributed by atoms with E-state index in [1.165, 1.54) is 6.20 Å². The number of rotatable bonds is 6. The van der Waals surface area contributed by atoms with E-state index in [-0.39, 0.29) is 6.61 Å². The van der Waals surface area contributed by atoms with E-state index >= 15 is 0 Å². The van der Waals surface area contributed by atoms with E-state index in [4.69, 9.17) is 25.3 Å². The maximum absolute atomic E-state index is 11.9. The molecule has 2 rings (SSSR count). The molecule has 1 aromatic rings. The van der Waals surface area contributed by atoms with Gasteiger partial charge in [-0.2, -0.15) is 0 Å². The summed E-state index contributed by atoms with van der Waals surface area (Å²) in [5.41, 5.74) is -1.38. The Bertz CT molecular complexity index is 723. The number of nitrogens with zero attached hydrogens (tertiary/aromatic N) is 1. The number of H-pyrrole nitrogens is 1. The molecule has 124 valence electrons. The lowest BCUT2D eigenvalue weighted by Gasteiger charge is -2.20. The summed E-state index contributed by atoms with van der Waals surface area (Å²) in [6.45, 7) is -0.721. The fourth-order valence-electron chi connectivity index (χ4n) is 2.26. The number of nitrogens with one attached hydrogen (secondary N) is 1. The number of aromatic amines is 1. The van der Waals surface area contributed by atoms with Crippen molar-refractivity contribution in [1.82, 2.24) is 9.55 Å². The number of aromatic nitrogens is 2. The van der Waals surface area contributed by atoms with Gasteiger partial charge in [-0.25, -0.2) is 4.79 Å². The molecule has 0 saturated carbocycles. The topological polar surface area (TPSA) is 140 Å². The van der Waals surface area contributed by atoms with Gasteiger partial charge in [0.2, 0.25) is 0 Å². The Labute approximate surface area is 130 Å². The molecule has 23 heavy (non-hydrogen) atoms. The second-order valence-corrected chi connectivity index (χ2v) is 5.24. The van der Waals surface area contributed by atoms with Crippen molar-refractivity contribution in [2.75, 3.05) is 13.2 Å². The van der Waals surface area contributed by atoms with Crippen molar-refractivity contribution < 1.29 is 28.6 Å². The summed E-state index contributed by atoms with van der Waals surface area (Å²) in [7, 11) is -3.00. The highest BCUT2D eigenvalue weighted by atomic mass is 31.1. The molecule has 1 aliphatic rings. The van der Waals surface area contributed by atoms with Crippen LogP contribution >= 0.6 is 8.25 Å². The van der Waals surface area contributed by atoms with Crippen molar-refractivity contribution in [2.45, 2.75) is 24.5 Å². The van der Waals surface area contributed by atoms with E-state index in [0.717, 1.165) is 10.6 Å². The van der Waals surface area contributed by atoms with Gasteiger partial charge >= 0.3 is 13.9 Å². The van der Waals surface area contributed by atoms with E-state index in [0.29, 0.717) is 0 Å². The molecule has 1 aromatic heterocycles. The Morgan fingerprint density at radius 3 is 2.78 bits per heavy atom. The first kappa shape index (κ1) is 17.5. The predicted octanol–water partition coefficient (Wildman–Crippen LogP) is -1.52. The lowest BCUT2D eigenvalue weighted by atomic mass is 10.1. The van der Waals surface area contributed by atoms with Crippen LogP contribution in [-0.2, 0) is 18.6 Å². The van der Waals surface area contributed by atoms with E-state index in [9.17, 15) is 19.3 Å². The van der Waals surface area contributed by atoms with Crippen LogP contribution in [0, 0.1) is 12.3 Å². The molecule has 10 nitrogen and oxygen atoms in total. The normalized spacial score (nSPS) is 27.6. The van der Waals surface area contributed by atoms with Crippen LogP contribution in [0.5, 0.6) is 0 Å². The van der Waals surface area contributed by atoms with Gasteiger partial charge in [0.1, 0.15) is 18.8 Å². The summed E-state index contributed by atoms with van der Waals surface area (Å²) in [5.74, 6) is 2.22. The summed E-state index contributed by atoms with van der Waals surface area (Å²) in [6, 6.07) is 1.09. The summed E-state index contributed by atoms with van der Waals surface area (Å²) in [6.07, 6.45) is 2.00. The van der Waals surface area contributed by atoms with Crippen LogP contribution in [0.15, 0.2) is 21.9 Å². The van der Waals surface area contributed by atoms with Crippen molar-refractivity contribution >= 4 is 8.25 Å². The summed E-state index contributed by atoms with van der Waals surface area (Å²) in [4.78, 5) is 34.0. The van der Waals surface area contributed by atoms with Gasteiger partial charge in [0, 0.05) is 16.8 Å². The Morgan fingerprint density at radius 2 is 2.22 bits per heavy atom. The molecule has 0 aliphatic carbocycles. The third-order valence-electron chi connectivity index (χ3n) is 3.16. The molecule has 0 radical (unpaired) electrons. The lowest BCUT2D eigenvalue weighted by Crippen LogP contribution is -2.40. The molecule has 2 heterocycles. The number of terminal acetylenes is 1. The lowest BCUT2D eigenvalue weighted by molar-refractivity contribution is -0.0676. The molecule has 0 bridgehead atoms. The zero-order valence-electron chi connectivity index (χ0n) is 11.7. The van der Waals surface area contributed by atoms with Crippen LogP contribution in [-0.4, -0.2) is 51.1 Å². The van der Waals surface area contributed by atoms with Gasteiger partial charge in [-0.3, -0.25) is 14.3 Å². The molecular formula is C12H14N2O8P+. The SMILES string of the molecule is C#CCO[C@H]1C(O[P+](=O)O)[C@@H](CO)O[C@H]1n1ccc(=O)[nH]c1=O. The van der Waals surface area contributed by atoms with E-state index in [2.05, 4.69) is 5.92 Å². The van der Waals surface area contributed by atoms with Gasteiger partial charge in [0.15, 0.2) is 12.3 Å². The minimum absolute atomic E-state index is 0.178. The zero-order chi connectivity index (χ0) is 17.0. The highest BCUT2D eigenvalue weighted by Crippen LogP contribution is 2.36. The highest BCUT2D eigenvalue weighted by molar-refractivity contribution is 7.32. The maximum Gasteiger partial charge on any atom is 0.695 e. The van der Waals surface area contributed by atoms with Crippen molar-refractivity contribution in [3.8, 4) is 12.3 Å². The van der Waals surface area contributed by atoms with Gasteiger partial charge < -0.3 is 14.6 Å². The summed E-state index contributed by atoms with van der Waals surface area (Å²) in [5, 5.41) is 9.35. The molecule has 0 spiro atoms. The largest absolute Gasteiger partial charge is 0.695 e. The van der Waals surface area contributed by atoms with E-state index in [1.54, 1.807) is 0 Å². The first-order valence-electron chi connectivity index (χ1n) is 6.43. The summed E-state index contributed by atoms with van der Waals surface area (Å²) >= 11 is 0. The second kappa shape index (κ2) is 7.61. The smallest absolute Gasteiger partial charge is 0.394 e. The van der Waals surface area contributed by atoms with Crippen LogP contribution in [0.4, 0.5) is 0 Å². The van der Waals surface area contributed by atoms with Crippen molar-refractivity contribution in [1.29, 1.82) is 0 Å². The van der Waals surface area contributed by atoms with E-state index in [1.807, 2.05) is 4.98 Å². The Hall–Kier alpha value is -1.86. The van der Waals surface area contributed by atoms with Gasteiger partial charge in [-0.05, 0) is 0 Å². The molecular weight excluding hydrogens is 331 g/mol. The second-order valence-electron chi connectivity index (χ2n) is 4.55. The fraction of sp³-hybridized carbons (Fsp3) is 0.500. The molecule has 0 aromatic carbocycles. The minimum Gasteiger partial charge on any atom is -0.394 e. The zero-order valence-corrected chi connectivity index (χ0v) is 12.6. The summed E-state index contributed by atoms with van der Waals surface area (Å²) < 4.78 is 27.7. The molecule has 11 heteroatoms. The number of ether oxygens (including phenoxy) is 2. The predicted molar refractivity (Wildman–Crippen MR) is 75.6 cm³/mol. The monoisotopic (exact) mass is 345 g/mol. The Balaban J connectivity index is 2.39. The van der Waals surface area contributed by atoms with Gasteiger partial charge in [-0.1, -0.05) is 5.92 Å². The Morgan fingerprint density at radius 1 is 1.48 bits per heavy atom. The van der Waals surface area contributed by atoms with Crippen LogP contribution in [0.2, 0.25) is 0 Å². The van der Waals surface area contributed by atoms with Gasteiger partial charge in [-0.15, -0.1) is 15.8 Å². The molecule has 0 amide bonds. The maximum atomic E-state index is 11.9. The molecule has 1 aliphatic heterocycles. The van der Waals surface area contributed by atoms with Crippen molar-refractivity contribution in [3.05, 3.63) is 33.1 Å². The van der Waals surface area contributed by atoms with Gasteiger partial charge in [0.25, 0.3) is 5.56 Å².